The largest absolute Gasteiger partial charge is 0.418 e. The minimum atomic E-state index is -4.67. The average Bonchev–Trinajstić information content (AvgIpc) is 2.37. The van der Waals surface area contributed by atoms with Crippen LogP contribution >= 0.6 is 0 Å². The molecule has 0 aliphatic carbocycles. The molecule has 0 saturated heterocycles. The summed E-state index contributed by atoms with van der Waals surface area (Å²) in [4.78, 5) is 9.71. The smallest absolute Gasteiger partial charge is 0.381 e. The summed E-state index contributed by atoms with van der Waals surface area (Å²) < 4.78 is 38.8. The van der Waals surface area contributed by atoms with Crippen molar-refractivity contribution in [2.24, 2.45) is 5.73 Å². The van der Waals surface area contributed by atoms with Crippen molar-refractivity contribution in [2.75, 3.05) is 11.9 Å². The second-order valence-corrected chi connectivity index (χ2v) is 4.35. The van der Waals surface area contributed by atoms with E-state index in [4.69, 9.17) is 5.73 Å². The van der Waals surface area contributed by atoms with Crippen molar-refractivity contribution in [3.63, 3.8) is 0 Å². The molecule has 1 rings (SSSR count). The number of nitrogens with one attached hydrogen (secondary N) is 1. The number of anilines is 1. The molecule has 0 radical (unpaired) electrons. The maximum Gasteiger partial charge on any atom is 0.418 e. The number of non-ortho nitro benzene ring substituents is 1. The van der Waals surface area contributed by atoms with Crippen molar-refractivity contribution >= 4 is 11.4 Å². The van der Waals surface area contributed by atoms with Crippen LogP contribution in [0.2, 0.25) is 0 Å². The highest BCUT2D eigenvalue weighted by molar-refractivity contribution is 5.57. The van der Waals surface area contributed by atoms with Gasteiger partial charge < -0.3 is 11.1 Å². The summed E-state index contributed by atoms with van der Waals surface area (Å²) in [6.07, 6.45) is -3.28. The Kier molecular flexibility index (Phi) is 5.32. The molecule has 1 atom stereocenters. The van der Waals surface area contributed by atoms with Crippen LogP contribution in [-0.4, -0.2) is 17.5 Å². The van der Waals surface area contributed by atoms with Crippen LogP contribution in [0.25, 0.3) is 0 Å². The van der Waals surface area contributed by atoms with Gasteiger partial charge in [0.25, 0.3) is 5.69 Å². The van der Waals surface area contributed by atoms with Crippen molar-refractivity contribution in [1.29, 1.82) is 0 Å². The number of alkyl halides is 3. The molecule has 1 unspecified atom stereocenters. The average molecular weight is 291 g/mol. The van der Waals surface area contributed by atoms with Gasteiger partial charge in [0, 0.05) is 30.4 Å². The summed E-state index contributed by atoms with van der Waals surface area (Å²) in [7, 11) is 0. The van der Waals surface area contributed by atoms with Crippen LogP contribution < -0.4 is 11.1 Å². The molecule has 0 bridgehead atoms. The van der Waals surface area contributed by atoms with E-state index >= 15 is 0 Å². The van der Waals surface area contributed by atoms with Crippen LogP contribution in [0.15, 0.2) is 18.2 Å². The third kappa shape index (κ3) is 4.09. The normalized spacial score (nSPS) is 13.1. The zero-order valence-electron chi connectivity index (χ0n) is 10.9. The first-order valence-corrected chi connectivity index (χ1v) is 6.11. The standard InChI is InChI=1S/C12H16F3N3O2/c1-2-3-8(7-16)17-11-5-4-9(18(19)20)6-10(11)12(13,14)15/h4-6,8,17H,2-3,7,16H2,1H3. The topological polar surface area (TPSA) is 81.2 Å². The van der Waals surface area contributed by atoms with Crippen molar-refractivity contribution < 1.29 is 18.1 Å². The first-order chi connectivity index (χ1) is 9.29. The summed E-state index contributed by atoms with van der Waals surface area (Å²) in [5.41, 5.74) is 3.65. The molecule has 1 aromatic carbocycles. The van der Waals surface area contributed by atoms with Gasteiger partial charge in [-0.25, -0.2) is 0 Å². The molecule has 0 saturated carbocycles. The fraction of sp³-hybridized carbons (Fsp3) is 0.500. The lowest BCUT2D eigenvalue weighted by Gasteiger charge is -2.20. The highest BCUT2D eigenvalue weighted by Crippen LogP contribution is 2.37. The van der Waals surface area contributed by atoms with E-state index in [1.165, 1.54) is 0 Å². The van der Waals surface area contributed by atoms with E-state index in [1.54, 1.807) is 0 Å². The van der Waals surface area contributed by atoms with Crippen LogP contribution in [0, 0.1) is 10.1 Å². The Morgan fingerprint density at radius 2 is 2.10 bits per heavy atom. The third-order valence-corrected chi connectivity index (χ3v) is 2.80. The summed E-state index contributed by atoms with van der Waals surface area (Å²) in [6, 6.07) is 2.33. The Hall–Kier alpha value is -1.83. The van der Waals surface area contributed by atoms with E-state index in [0.717, 1.165) is 18.6 Å². The van der Waals surface area contributed by atoms with Gasteiger partial charge in [0.2, 0.25) is 0 Å². The van der Waals surface area contributed by atoms with Crippen LogP contribution in [0.3, 0.4) is 0 Å². The van der Waals surface area contributed by atoms with Gasteiger partial charge in [0.15, 0.2) is 0 Å². The molecule has 8 heteroatoms. The molecular weight excluding hydrogens is 275 g/mol. The molecule has 1 aromatic rings. The molecule has 112 valence electrons. The lowest BCUT2D eigenvalue weighted by Crippen LogP contribution is -2.29. The van der Waals surface area contributed by atoms with Gasteiger partial charge in [-0.15, -0.1) is 0 Å². The predicted octanol–water partition coefficient (Wildman–Crippen LogP) is 3.15. The third-order valence-electron chi connectivity index (χ3n) is 2.80. The molecule has 0 fully saturated rings. The highest BCUT2D eigenvalue weighted by atomic mass is 19.4. The highest BCUT2D eigenvalue weighted by Gasteiger charge is 2.35. The van der Waals surface area contributed by atoms with Crippen molar-refractivity contribution in [2.45, 2.75) is 32.0 Å². The number of halogens is 3. The minimum Gasteiger partial charge on any atom is -0.381 e. The van der Waals surface area contributed by atoms with Gasteiger partial charge in [0.1, 0.15) is 0 Å². The zero-order chi connectivity index (χ0) is 15.3. The number of benzene rings is 1. The minimum absolute atomic E-state index is 0.183. The molecule has 5 nitrogen and oxygen atoms in total. The number of hydrogen-bond acceptors (Lipinski definition) is 4. The molecule has 0 aliphatic rings. The van der Waals surface area contributed by atoms with Crippen LogP contribution in [0.5, 0.6) is 0 Å². The fourth-order valence-electron chi connectivity index (χ4n) is 1.82. The Morgan fingerprint density at radius 3 is 2.55 bits per heavy atom. The lowest BCUT2D eigenvalue weighted by atomic mass is 10.1. The van der Waals surface area contributed by atoms with Crippen molar-refractivity contribution in [3.8, 4) is 0 Å². The van der Waals surface area contributed by atoms with E-state index in [-0.39, 0.29) is 18.3 Å². The van der Waals surface area contributed by atoms with E-state index in [9.17, 15) is 23.3 Å². The lowest BCUT2D eigenvalue weighted by molar-refractivity contribution is -0.385. The number of rotatable bonds is 6. The number of nitrogens with zero attached hydrogens (tertiary/aromatic N) is 1. The SMILES string of the molecule is CCCC(CN)Nc1ccc([N+](=O)[O-])cc1C(F)(F)F. The Balaban J connectivity index is 3.15. The first kappa shape index (κ1) is 16.2. The van der Waals surface area contributed by atoms with E-state index < -0.39 is 22.4 Å². The molecule has 0 spiro atoms. The quantitative estimate of drug-likeness (QED) is 0.623. The van der Waals surface area contributed by atoms with E-state index in [0.29, 0.717) is 12.5 Å². The van der Waals surface area contributed by atoms with Gasteiger partial charge in [-0.05, 0) is 12.5 Å². The van der Waals surface area contributed by atoms with E-state index in [2.05, 4.69) is 5.32 Å². The molecule has 0 aromatic heterocycles. The van der Waals surface area contributed by atoms with Crippen molar-refractivity contribution in [1.82, 2.24) is 0 Å². The van der Waals surface area contributed by atoms with Crippen LogP contribution in [-0.2, 0) is 6.18 Å². The van der Waals surface area contributed by atoms with Crippen LogP contribution in [0.1, 0.15) is 25.3 Å². The Bertz CT molecular complexity index is 478. The fourth-order valence-corrected chi connectivity index (χ4v) is 1.82. The number of hydrogen-bond donors (Lipinski definition) is 2. The maximum atomic E-state index is 12.9. The number of nitro groups is 1. The molecular formula is C12H16F3N3O2. The van der Waals surface area contributed by atoms with Gasteiger partial charge in [0.05, 0.1) is 10.5 Å². The number of nitrogens with two attached hydrogens (primary N) is 1. The van der Waals surface area contributed by atoms with E-state index in [1.807, 2.05) is 6.92 Å². The van der Waals surface area contributed by atoms with Crippen LogP contribution in [0.4, 0.5) is 24.5 Å². The monoisotopic (exact) mass is 291 g/mol. The predicted molar refractivity (Wildman–Crippen MR) is 69.5 cm³/mol. The van der Waals surface area contributed by atoms with Gasteiger partial charge in [-0.1, -0.05) is 13.3 Å². The summed E-state index contributed by atoms with van der Waals surface area (Å²) in [6.45, 7) is 2.08. The van der Waals surface area contributed by atoms with Crippen molar-refractivity contribution in [3.05, 3.63) is 33.9 Å². The number of nitro benzene ring substituents is 1. The van der Waals surface area contributed by atoms with Gasteiger partial charge in [-0.2, -0.15) is 13.2 Å². The molecule has 3 N–H and O–H groups in total. The molecule has 20 heavy (non-hydrogen) atoms. The summed E-state index contributed by atoms with van der Waals surface area (Å²) in [5, 5.41) is 13.3. The van der Waals surface area contributed by atoms with Gasteiger partial charge >= 0.3 is 6.18 Å². The first-order valence-electron chi connectivity index (χ1n) is 6.11. The Morgan fingerprint density at radius 1 is 1.45 bits per heavy atom. The Labute approximate surface area is 114 Å². The summed E-state index contributed by atoms with van der Waals surface area (Å²) >= 11 is 0. The maximum absolute atomic E-state index is 12.9. The second kappa shape index (κ2) is 6.56. The molecule has 0 aliphatic heterocycles. The summed E-state index contributed by atoms with van der Waals surface area (Å²) in [5.74, 6) is 0. The van der Waals surface area contributed by atoms with Gasteiger partial charge in [-0.3, -0.25) is 10.1 Å². The zero-order valence-corrected chi connectivity index (χ0v) is 10.9. The molecule has 0 amide bonds. The second-order valence-electron chi connectivity index (χ2n) is 4.35. The molecule has 0 heterocycles.